The molecule has 7 heteroatoms. The van der Waals surface area contributed by atoms with E-state index < -0.39 is 10.0 Å². The van der Waals surface area contributed by atoms with Crippen molar-refractivity contribution < 1.29 is 8.42 Å². The molecule has 0 spiro atoms. The summed E-state index contributed by atoms with van der Waals surface area (Å²) in [5.74, 6) is 0. The zero-order valence-corrected chi connectivity index (χ0v) is 15.0. The van der Waals surface area contributed by atoms with Crippen LogP contribution in [0.5, 0.6) is 0 Å². The molecule has 1 aromatic carbocycles. The molecule has 0 amide bonds. The third kappa shape index (κ3) is 3.59. The normalized spacial score (nSPS) is 11.6. The molecular formula is C12H11Br2NO2S2. The highest BCUT2D eigenvalue weighted by atomic mass is 79.9. The van der Waals surface area contributed by atoms with Gasteiger partial charge in [0.15, 0.2) is 0 Å². The molecule has 102 valence electrons. The van der Waals surface area contributed by atoms with Crippen LogP contribution in [-0.4, -0.2) is 8.42 Å². The van der Waals surface area contributed by atoms with Crippen molar-refractivity contribution in [3.8, 4) is 0 Å². The number of halogens is 2. The Balaban J connectivity index is 2.39. The summed E-state index contributed by atoms with van der Waals surface area (Å²) < 4.78 is 28.9. The zero-order valence-electron chi connectivity index (χ0n) is 10.2. The molecule has 0 bridgehead atoms. The summed E-state index contributed by atoms with van der Waals surface area (Å²) in [5, 5.41) is 0. The minimum atomic E-state index is -3.55. The van der Waals surface area contributed by atoms with E-state index in [0.717, 1.165) is 18.7 Å². The molecule has 0 aliphatic rings. The fourth-order valence-corrected chi connectivity index (χ4v) is 5.77. The van der Waals surface area contributed by atoms with E-state index >= 15 is 0 Å². The molecule has 0 saturated carbocycles. The van der Waals surface area contributed by atoms with Gasteiger partial charge in [0.1, 0.15) is 4.90 Å². The van der Waals surface area contributed by atoms with Gasteiger partial charge in [-0.15, -0.1) is 11.3 Å². The summed E-state index contributed by atoms with van der Waals surface area (Å²) in [7, 11) is -3.55. The Bertz CT molecular complexity index is 703. The van der Waals surface area contributed by atoms with Crippen molar-refractivity contribution in [3.05, 3.63) is 43.0 Å². The first kappa shape index (κ1) is 15.0. The van der Waals surface area contributed by atoms with Crippen LogP contribution in [0.4, 0.5) is 5.69 Å². The van der Waals surface area contributed by atoms with Crippen molar-refractivity contribution >= 4 is 58.9 Å². The highest BCUT2D eigenvalue weighted by Gasteiger charge is 2.19. The van der Waals surface area contributed by atoms with Crippen LogP contribution in [-0.2, 0) is 10.0 Å². The molecule has 0 radical (unpaired) electrons. The molecular weight excluding hydrogens is 414 g/mol. The molecule has 0 aliphatic carbocycles. The van der Waals surface area contributed by atoms with Crippen LogP contribution in [0.25, 0.3) is 0 Å². The summed E-state index contributed by atoms with van der Waals surface area (Å²) in [6, 6.07) is 7.07. The first-order chi connectivity index (χ1) is 8.78. The number of aryl methyl sites for hydroxylation is 2. The Labute approximate surface area is 133 Å². The van der Waals surface area contributed by atoms with Crippen LogP contribution in [0.1, 0.15) is 10.4 Å². The number of nitrogens with one attached hydrogen (secondary N) is 1. The molecule has 19 heavy (non-hydrogen) atoms. The first-order valence-corrected chi connectivity index (χ1v) is 9.22. The minimum absolute atomic E-state index is 0.307. The van der Waals surface area contributed by atoms with Gasteiger partial charge in [-0.2, -0.15) is 0 Å². The lowest BCUT2D eigenvalue weighted by Gasteiger charge is -2.09. The van der Waals surface area contributed by atoms with E-state index in [4.69, 9.17) is 0 Å². The van der Waals surface area contributed by atoms with Crippen molar-refractivity contribution in [1.29, 1.82) is 0 Å². The molecule has 2 rings (SSSR count). The molecule has 0 aliphatic heterocycles. The second-order valence-electron chi connectivity index (χ2n) is 4.09. The Morgan fingerprint density at radius 2 is 1.79 bits per heavy atom. The van der Waals surface area contributed by atoms with Gasteiger partial charge in [-0.3, -0.25) is 4.72 Å². The van der Waals surface area contributed by atoms with Crippen LogP contribution in [0.3, 0.4) is 0 Å². The summed E-state index contributed by atoms with van der Waals surface area (Å²) in [4.78, 5) is 1.06. The molecule has 1 heterocycles. The lowest BCUT2D eigenvalue weighted by molar-refractivity contribution is 0.601. The van der Waals surface area contributed by atoms with Gasteiger partial charge in [0, 0.05) is 9.35 Å². The Hall–Kier alpha value is -0.370. The predicted molar refractivity (Wildman–Crippen MR) is 86.4 cm³/mol. The molecule has 0 unspecified atom stereocenters. The quantitative estimate of drug-likeness (QED) is 0.776. The van der Waals surface area contributed by atoms with E-state index in [1.165, 1.54) is 11.3 Å². The monoisotopic (exact) mass is 423 g/mol. The molecule has 2 aromatic rings. The van der Waals surface area contributed by atoms with Crippen LogP contribution < -0.4 is 4.72 Å². The lowest BCUT2D eigenvalue weighted by atomic mass is 10.2. The van der Waals surface area contributed by atoms with Gasteiger partial charge in [-0.1, -0.05) is 15.9 Å². The lowest BCUT2D eigenvalue weighted by Crippen LogP contribution is -2.13. The second-order valence-corrected chi connectivity index (χ2v) is 9.30. The fraction of sp³-hybridized carbons (Fsp3) is 0.167. The van der Waals surface area contributed by atoms with E-state index in [-0.39, 0.29) is 0 Å². The first-order valence-electron chi connectivity index (χ1n) is 5.34. The number of sulfonamides is 1. The number of hydrogen-bond donors (Lipinski definition) is 1. The van der Waals surface area contributed by atoms with E-state index in [9.17, 15) is 8.42 Å². The maximum atomic E-state index is 12.3. The second kappa shape index (κ2) is 5.55. The molecule has 0 fully saturated rings. The Kier molecular flexibility index (Phi) is 4.39. The van der Waals surface area contributed by atoms with Crippen molar-refractivity contribution in [1.82, 2.24) is 0 Å². The van der Waals surface area contributed by atoms with Crippen LogP contribution in [0.2, 0.25) is 0 Å². The zero-order chi connectivity index (χ0) is 14.2. The van der Waals surface area contributed by atoms with Crippen molar-refractivity contribution in [2.45, 2.75) is 18.7 Å². The van der Waals surface area contributed by atoms with Gasteiger partial charge in [0.2, 0.25) is 0 Å². The van der Waals surface area contributed by atoms with Crippen LogP contribution >= 0.6 is 43.2 Å². The third-order valence-electron chi connectivity index (χ3n) is 2.43. The van der Waals surface area contributed by atoms with E-state index in [0.29, 0.717) is 10.6 Å². The fourth-order valence-electron chi connectivity index (χ4n) is 1.70. The standard InChI is InChI=1S/C12H11Br2NO2S2/c1-7-3-9(13)5-10(4-7)15-19(16,17)11-6-12(14)18-8(11)2/h3-6,15H,1-2H3. The number of benzene rings is 1. The van der Waals surface area contributed by atoms with E-state index in [1.807, 2.05) is 13.0 Å². The van der Waals surface area contributed by atoms with Gasteiger partial charge in [-0.25, -0.2) is 8.42 Å². The van der Waals surface area contributed by atoms with Gasteiger partial charge in [0.05, 0.1) is 9.47 Å². The average Bonchev–Trinajstić information content (AvgIpc) is 2.56. The van der Waals surface area contributed by atoms with Gasteiger partial charge >= 0.3 is 0 Å². The van der Waals surface area contributed by atoms with E-state index in [2.05, 4.69) is 36.6 Å². The van der Waals surface area contributed by atoms with Crippen LogP contribution in [0.15, 0.2) is 37.4 Å². The van der Waals surface area contributed by atoms with Gasteiger partial charge < -0.3 is 0 Å². The number of thiophene rings is 1. The maximum absolute atomic E-state index is 12.3. The van der Waals surface area contributed by atoms with Crippen LogP contribution in [0, 0.1) is 13.8 Å². The van der Waals surface area contributed by atoms with Crippen molar-refractivity contribution in [3.63, 3.8) is 0 Å². The summed E-state index contributed by atoms with van der Waals surface area (Å²) in [6.07, 6.45) is 0. The van der Waals surface area contributed by atoms with Crippen molar-refractivity contribution in [2.75, 3.05) is 4.72 Å². The van der Waals surface area contributed by atoms with Gasteiger partial charge in [0.25, 0.3) is 10.0 Å². The van der Waals surface area contributed by atoms with Crippen molar-refractivity contribution in [2.24, 2.45) is 0 Å². The minimum Gasteiger partial charge on any atom is -0.280 e. The molecule has 1 N–H and O–H groups in total. The molecule has 0 saturated heterocycles. The maximum Gasteiger partial charge on any atom is 0.263 e. The highest BCUT2D eigenvalue weighted by molar-refractivity contribution is 9.11. The molecule has 0 atom stereocenters. The number of rotatable bonds is 3. The summed E-state index contributed by atoms with van der Waals surface area (Å²) in [5.41, 5.74) is 1.53. The predicted octanol–water partition coefficient (Wildman–Crippen LogP) is 4.69. The molecule has 3 nitrogen and oxygen atoms in total. The third-order valence-corrected chi connectivity index (χ3v) is 6.07. The topological polar surface area (TPSA) is 46.2 Å². The number of hydrogen-bond acceptors (Lipinski definition) is 3. The Morgan fingerprint density at radius 3 is 2.32 bits per heavy atom. The van der Waals surface area contributed by atoms with E-state index in [1.54, 1.807) is 25.1 Å². The number of anilines is 1. The summed E-state index contributed by atoms with van der Waals surface area (Å²) >= 11 is 8.06. The largest absolute Gasteiger partial charge is 0.280 e. The molecule has 1 aromatic heterocycles. The smallest absolute Gasteiger partial charge is 0.263 e. The summed E-state index contributed by atoms with van der Waals surface area (Å²) in [6.45, 7) is 3.70. The van der Waals surface area contributed by atoms with Gasteiger partial charge in [-0.05, 0) is 59.6 Å². The average molecular weight is 425 g/mol. The Morgan fingerprint density at radius 1 is 1.11 bits per heavy atom. The highest BCUT2D eigenvalue weighted by Crippen LogP contribution is 2.31. The SMILES string of the molecule is Cc1cc(Br)cc(NS(=O)(=O)c2cc(Br)sc2C)c1.